The van der Waals surface area contributed by atoms with Crippen molar-refractivity contribution in [3.05, 3.63) is 46.2 Å². The SMILES string of the molecule is COc1cncc([C@H](NC(=O)c2cc(=O)[nH]o2)C2CC(O)C2)c1. The van der Waals surface area contributed by atoms with Crippen LogP contribution in [0.4, 0.5) is 0 Å². The fourth-order valence-corrected chi connectivity index (χ4v) is 2.70. The van der Waals surface area contributed by atoms with E-state index in [1.54, 1.807) is 18.5 Å². The number of ether oxygens (including phenoxy) is 1. The third-order valence-electron chi connectivity index (χ3n) is 3.98. The van der Waals surface area contributed by atoms with Crippen LogP contribution in [0.15, 0.2) is 33.8 Å². The van der Waals surface area contributed by atoms with Crippen molar-refractivity contribution in [2.75, 3.05) is 7.11 Å². The van der Waals surface area contributed by atoms with E-state index in [-0.39, 0.29) is 23.8 Å². The van der Waals surface area contributed by atoms with Gasteiger partial charge in [-0.15, -0.1) is 0 Å². The molecule has 1 aliphatic carbocycles. The van der Waals surface area contributed by atoms with Gasteiger partial charge in [-0.05, 0) is 30.4 Å². The lowest BCUT2D eigenvalue weighted by atomic mass is 9.75. The molecular weight excluding hydrogens is 302 g/mol. The zero-order valence-corrected chi connectivity index (χ0v) is 12.5. The summed E-state index contributed by atoms with van der Waals surface area (Å²) < 4.78 is 9.98. The van der Waals surface area contributed by atoms with Gasteiger partial charge in [0.1, 0.15) is 5.75 Å². The average molecular weight is 319 g/mol. The van der Waals surface area contributed by atoms with Crippen molar-refractivity contribution in [2.45, 2.75) is 25.0 Å². The molecule has 1 fully saturated rings. The number of aromatic nitrogens is 2. The molecule has 3 rings (SSSR count). The Labute approximate surface area is 131 Å². The van der Waals surface area contributed by atoms with Crippen molar-refractivity contribution < 1.29 is 19.2 Å². The van der Waals surface area contributed by atoms with Crippen molar-refractivity contribution in [1.82, 2.24) is 15.5 Å². The van der Waals surface area contributed by atoms with Crippen LogP contribution in [0.1, 0.15) is 35.0 Å². The number of methoxy groups -OCH3 is 1. The summed E-state index contributed by atoms with van der Waals surface area (Å²) in [5.74, 6) is 0.0663. The second-order valence-electron chi connectivity index (χ2n) is 5.57. The maximum atomic E-state index is 12.2. The first kappa shape index (κ1) is 15.3. The summed E-state index contributed by atoms with van der Waals surface area (Å²) in [6.45, 7) is 0. The minimum atomic E-state index is -0.502. The lowest BCUT2D eigenvalue weighted by molar-refractivity contribution is 0.0230. The lowest BCUT2D eigenvalue weighted by Gasteiger charge is -2.38. The standard InChI is InChI=1S/C15H17N3O5/c1-22-11-4-9(6-16-7-11)14(8-2-10(19)3-8)17-15(21)12-5-13(20)18-23-12/h4-8,10,14,19H,2-3H2,1H3,(H,17,21)(H,18,20)/t8?,10?,14-/m1/s1. The highest BCUT2D eigenvalue weighted by molar-refractivity contribution is 5.91. The molecule has 8 heteroatoms. The molecule has 2 aromatic heterocycles. The van der Waals surface area contributed by atoms with E-state index in [1.165, 1.54) is 7.11 Å². The first-order valence-electron chi connectivity index (χ1n) is 7.23. The molecular formula is C15H17N3O5. The number of nitrogens with zero attached hydrogens (tertiary/aromatic N) is 1. The van der Waals surface area contributed by atoms with Gasteiger partial charge in [-0.2, -0.15) is 5.16 Å². The number of rotatable bonds is 5. The molecule has 23 heavy (non-hydrogen) atoms. The van der Waals surface area contributed by atoms with Crippen molar-refractivity contribution in [1.29, 1.82) is 0 Å². The number of carbonyl (C=O) groups is 1. The molecule has 122 valence electrons. The van der Waals surface area contributed by atoms with Crippen molar-refractivity contribution >= 4 is 5.91 Å². The summed E-state index contributed by atoms with van der Waals surface area (Å²) in [6.07, 6.45) is 4.02. The molecule has 0 radical (unpaired) electrons. The van der Waals surface area contributed by atoms with Gasteiger partial charge < -0.3 is 19.7 Å². The van der Waals surface area contributed by atoms with Gasteiger partial charge in [0, 0.05) is 6.20 Å². The molecule has 0 saturated heterocycles. The molecule has 0 bridgehead atoms. The molecule has 3 N–H and O–H groups in total. The maximum Gasteiger partial charge on any atom is 0.290 e. The number of amides is 1. The number of aromatic amines is 1. The van der Waals surface area contributed by atoms with E-state index in [1.807, 2.05) is 0 Å². The van der Waals surface area contributed by atoms with Crippen molar-refractivity contribution in [3.8, 4) is 5.75 Å². The van der Waals surface area contributed by atoms with E-state index in [0.717, 1.165) is 11.6 Å². The number of hydrogen-bond acceptors (Lipinski definition) is 6. The molecule has 0 aliphatic heterocycles. The monoisotopic (exact) mass is 319 g/mol. The molecule has 1 amide bonds. The zero-order chi connectivity index (χ0) is 16.4. The smallest absolute Gasteiger partial charge is 0.290 e. The van der Waals surface area contributed by atoms with Crippen LogP contribution in [0.25, 0.3) is 0 Å². The molecule has 0 aromatic carbocycles. The van der Waals surface area contributed by atoms with Gasteiger partial charge >= 0.3 is 0 Å². The van der Waals surface area contributed by atoms with Gasteiger partial charge in [0.15, 0.2) is 0 Å². The molecule has 1 aliphatic rings. The van der Waals surface area contributed by atoms with Crippen molar-refractivity contribution in [2.24, 2.45) is 5.92 Å². The Morgan fingerprint density at radius 3 is 2.87 bits per heavy atom. The van der Waals surface area contributed by atoms with Crippen LogP contribution in [0.2, 0.25) is 0 Å². The Kier molecular flexibility index (Phi) is 4.16. The molecule has 8 nitrogen and oxygen atoms in total. The van der Waals surface area contributed by atoms with E-state index in [0.29, 0.717) is 18.6 Å². The summed E-state index contributed by atoms with van der Waals surface area (Å²) in [6, 6.07) is 2.52. The lowest BCUT2D eigenvalue weighted by Crippen LogP contribution is -2.41. The fourth-order valence-electron chi connectivity index (χ4n) is 2.70. The largest absolute Gasteiger partial charge is 0.495 e. The summed E-state index contributed by atoms with van der Waals surface area (Å²) in [5, 5.41) is 14.5. The number of pyridine rings is 1. The van der Waals surface area contributed by atoms with Crippen LogP contribution in [0.5, 0.6) is 5.75 Å². The highest BCUT2D eigenvalue weighted by atomic mass is 16.5. The van der Waals surface area contributed by atoms with E-state index < -0.39 is 11.5 Å². The molecule has 1 saturated carbocycles. The second kappa shape index (κ2) is 6.25. The number of hydrogen-bond donors (Lipinski definition) is 3. The Hall–Kier alpha value is -2.61. The third kappa shape index (κ3) is 3.26. The maximum absolute atomic E-state index is 12.2. The van der Waals surface area contributed by atoms with Gasteiger partial charge in [0.2, 0.25) is 5.76 Å². The van der Waals surface area contributed by atoms with Crippen LogP contribution in [-0.4, -0.2) is 34.4 Å². The van der Waals surface area contributed by atoms with Crippen LogP contribution < -0.4 is 15.6 Å². The minimum absolute atomic E-state index is 0.0773. The average Bonchev–Trinajstić information content (AvgIpc) is 2.96. The molecule has 0 unspecified atom stereocenters. The quantitative estimate of drug-likeness (QED) is 0.743. The minimum Gasteiger partial charge on any atom is -0.495 e. The summed E-state index contributed by atoms with van der Waals surface area (Å²) >= 11 is 0. The second-order valence-corrected chi connectivity index (χ2v) is 5.57. The van der Waals surface area contributed by atoms with Gasteiger partial charge in [-0.3, -0.25) is 14.6 Å². The normalized spacial score (nSPS) is 21.3. The Balaban J connectivity index is 1.83. The fraction of sp³-hybridized carbons (Fsp3) is 0.400. The highest BCUT2D eigenvalue weighted by Gasteiger charge is 2.36. The third-order valence-corrected chi connectivity index (χ3v) is 3.98. The van der Waals surface area contributed by atoms with Crippen molar-refractivity contribution in [3.63, 3.8) is 0 Å². The summed E-state index contributed by atoms with van der Waals surface area (Å²) in [4.78, 5) is 27.4. The highest BCUT2D eigenvalue weighted by Crippen LogP contribution is 2.38. The molecule has 1 atom stereocenters. The zero-order valence-electron chi connectivity index (χ0n) is 12.5. The van der Waals surface area contributed by atoms with E-state index in [2.05, 4.69) is 15.5 Å². The van der Waals surface area contributed by atoms with Crippen LogP contribution >= 0.6 is 0 Å². The predicted octanol–water partition coefficient (Wildman–Crippen LogP) is 0.613. The predicted molar refractivity (Wildman–Crippen MR) is 79.1 cm³/mol. The molecule has 2 heterocycles. The summed E-state index contributed by atoms with van der Waals surface area (Å²) in [5.41, 5.74) is 0.293. The number of H-pyrrole nitrogens is 1. The van der Waals surface area contributed by atoms with Crippen LogP contribution in [0.3, 0.4) is 0 Å². The Bertz CT molecular complexity index is 747. The first-order chi connectivity index (χ1) is 11.1. The van der Waals surface area contributed by atoms with E-state index in [4.69, 9.17) is 9.26 Å². The topological polar surface area (TPSA) is 117 Å². The first-order valence-corrected chi connectivity index (χ1v) is 7.23. The van der Waals surface area contributed by atoms with Gasteiger partial charge in [-0.25, -0.2) is 0 Å². The van der Waals surface area contributed by atoms with Gasteiger partial charge in [0.05, 0.1) is 31.5 Å². The van der Waals surface area contributed by atoms with E-state index in [9.17, 15) is 14.7 Å². The van der Waals surface area contributed by atoms with Gasteiger partial charge in [0.25, 0.3) is 11.5 Å². The van der Waals surface area contributed by atoms with Crippen LogP contribution in [-0.2, 0) is 0 Å². The molecule has 2 aromatic rings. The van der Waals surface area contributed by atoms with E-state index >= 15 is 0 Å². The summed E-state index contributed by atoms with van der Waals surface area (Å²) in [7, 11) is 1.54. The number of aliphatic hydroxyl groups is 1. The Morgan fingerprint density at radius 1 is 1.48 bits per heavy atom. The number of nitrogens with one attached hydrogen (secondary N) is 2. The number of aliphatic hydroxyl groups excluding tert-OH is 1. The number of carbonyl (C=O) groups excluding carboxylic acids is 1. The Morgan fingerprint density at radius 2 is 2.26 bits per heavy atom. The molecule has 0 spiro atoms. The van der Waals surface area contributed by atoms with Gasteiger partial charge in [-0.1, -0.05) is 0 Å². The van der Waals surface area contributed by atoms with Crippen LogP contribution in [0, 0.1) is 5.92 Å².